The quantitative estimate of drug-likeness (QED) is 0.638. The van der Waals surface area contributed by atoms with Gasteiger partial charge in [0.05, 0.1) is 24.6 Å². The van der Waals surface area contributed by atoms with E-state index in [2.05, 4.69) is 5.10 Å². The summed E-state index contributed by atoms with van der Waals surface area (Å²) in [4.78, 5) is 41.4. The predicted molar refractivity (Wildman–Crippen MR) is 116 cm³/mol. The van der Waals surface area contributed by atoms with Gasteiger partial charge in [-0.25, -0.2) is 4.68 Å². The summed E-state index contributed by atoms with van der Waals surface area (Å²) in [6.07, 6.45) is 0.112. The molecule has 0 saturated carbocycles. The number of piperazine rings is 1. The molecule has 3 aromatic rings. The van der Waals surface area contributed by atoms with E-state index in [9.17, 15) is 14.4 Å². The van der Waals surface area contributed by atoms with Crippen molar-refractivity contribution in [2.24, 2.45) is 7.05 Å². The maximum absolute atomic E-state index is 12.9. The lowest BCUT2D eigenvalue weighted by atomic mass is 10.1. The van der Waals surface area contributed by atoms with E-state index in [0.29, 0.717) is 54.0 Å². The zero-order valence-corrected chi connectivity index (χ0v) is 17.6. The highest BCUT2D eigenvalue weighted by Crippen LogP contribution is 2.17. The Labute approximate surface area is 179 Å². The van der Waals surface area contributed by atoms with Crippen LogP contribution in [0.25, 0.3) is 10.8 Å². The zero-order valence-electron chi connectivity index (χ0n) is 17.6. The van der Waals surface area contributed by atoms with Crippen LogP contribution in [0, 0.1) is 0 Å². The number of nitrogens with zero attached hydrogens (tertiary/aromatic N) is 4. The third kappa shape index (κ3) is 4.14. The molecule has 0 unspecified atom stereocenters. The number of aryl methyl sites for hydroxylation is 1. The number of ether oxygens (including phenoxy) is 1. The molecule has 1 saturated heterocycles. The summed E-state index contributed by atoms with van der Waals surface area (Å²) in [5.74, 6) is 0.583. The van der Waals surface area contributed by atoms with Crippen LogP contribution in [0.4, 0.5) is 0 Å². The first kappa shape index (κ1) is 20.6. The fourth-order valence-corrected chi connectivity index (χ4v) is 3.84. The van der Waals surface area contributed by atoms with Crippen molar-refractivity contribution in [3.8, 4) is 5.75 Å². The molecule has 31 heavy (non-hydrogen) atoms. The molecule has 0 N–H and O–H groups in total. The second kappa shape index (κ2) is 8.59. The first-order valence-corrected chi connectivity index (χ1v) is 10.1. The Morgan fingerprint density at radius 2 is 1.55 bits per heavy atom. The Morgan fingerprint density at radius 3 is 2.19 bits per heavy atom. The lowest BCUT2D eigenvalue weighted by molar-refractivity contribution is -0.132. The fourth-order valence-electron chi connectivity index (χ4n) is 3.84. The van der Waals surface area contributed by atoms with Crippen LogP contribution in [0.5, 0.6) is 5.75 Å². The standard InChI is InChI=1S/C23H24N4O4/c1-25-23(30)19-6-4-3-5-18(19)20(24-25)15-21(28)26-11-13-27(14-12-26)22(29)16-7-9-17(31-2)10-8-16/h3-10H,11-15H2,1-2H3. The number of fused-ring (bicyclic) bond motifs is 1. The molecule has 2 aromatic carbocycles. The highest BCUT2D eigenvalue weighted by atomic mass is 16.5. The maximum Gasteiger partial charge on any atom is 0.274 e. The van der Waals surface area contributed by atoms with E-state index in [4.69, 9.17) is 4.74 Å². The van der Waals surface area contributed by atoms with Gasteiger partial charge in [0.2, 0.25) is 5.91 Å². The van der Waals surface area contributed by atoms with E-state index in [1.54, 1.807) is 60.4 Å². The van der Waals surface area contributed by atoms with Crippen LogP contribution in [0.15, 0.2) is 53.3 Å². The summed E-state index contributed by atoms with van der Waals surface area (Å²) < 4.78 is 6.41. The van der Waals surface area contributed by atoms with Gasteiger partial charge < -0.3 is 14.5 Å². The largest absolute Gasteiger partial charge is 0.497 e. The lowest BCUT2D eigenvalue weighted by Gasteiger charge is -2.35. The van der Waals surface area contributed by atoms with Gasteiger partial charge in [0.25, 0.3) is 11.5 Å². The van der Waals surface area contributed by atoms with E-state index in [1.165, 1.54) is 4.68 Å². The predicted octanol–water partition coefficient (Wildman–Crippen LogP) is 1.47. The van der Waals surface area contributed by atoms with Crippen LogP contribution in [0.1, 0.15) is 16.1 Å². The van der Waals surface area contributed by atoms with Crippen LogP contribution in [-0.2, 0) is 18.3 Å². The summed E-state index contributed by atoms with van der Waals surface area (Å²) in [6, 6.07) is 14.2. The van der Waals surface area contributed by atoms with E-state index < -0.39 is 0 Å². The van der Waals surface area contributed by atoms with E-state index in [-0.39, 0.29) is 23.8 Å². The first-order chi connectivity index (χ1) is 15.0. The smallest absolute Gasteiger partial charge is 0.274 e. The minimum Gasteiger partial charge on any atom is -0.497 e. The Hall–Kier alpha value is -3.68. The SMILES string of the molecule is COc1ccc(C(=O)N2CCN(C(=O)Cc3nn(C)c(=O)c4ccccc34)CC2)cc1. The van der Waals surface area contributed by atoms with Crippen molar-refractivity contribution in [2.45, 2.75) is 6.42 Å². The van der Waals surface area contributed by atoms with Crippen molar-refractivity contribution in [3.63, 3.8) is 0 Å². The van der Waals surface area contributed by atoms with Crippen LogP contribution < -0.4 is 10.3 Å². The monoisotopic (exact) mass is 420 g/mol. The number of amides is 2. The van der Waals surface area contributed by atoms with Crippen molar-refractivity contribution < 1.29 is 14.3 Å². The Bertz CT molecular complexity index is 1180. The van der Waals surface area contributed by atoms with Gasteiger partial charge in [-0.2, -0.15) is 5.10 Å². The summed E-state index contributed by atoms with van der Waals surface area (Å²) >= 11 is 0. The van der Waals surface area contributed by atoms with Gasteiger partial charge in [-0.15, -0.1) is 0 Å². The first-order valence-electron chi connectivity index (χ1n) is 10.1. The Morgan fingerprint density at radius 1 is 0.935 bits per heavy atom. The minimum atomic E-state index is -0.183. The third-order valence-electron chi connectivity index (χ3n) is 5.61. The van der Waals surface area contributed by atoms with Gasteiger partial charge >= 0.3 is 0 Å². The summed E-state index contributed by atoms with van der Waals surface area (Å²) in [5.41, 5.74) is 0.998. The van der Waals surface area contributed by atoms with Gasteiger partial charge in [-0.3, -0.25) is 14.4 Å². The molecule has 1 aliphatic heterocycles. The third-order valence-corrected chi connectivity index (χ3v) is 5.61. The highest BCUT2D eigenvalue weighted by molar-refractivity contribution is 5.94. The van der Waals surface area contributed by atoms with Crippen molar-refractivity contribution in [2.75, 3.05) is 33.3 Å². The van der Waals surface area contributed by atoms with Gasteiger partial charge in [-0.05, 0) is 30.3 Å². The number of hydrogen-bond donors (Lipinski definition) is 0. The van der Waals surface area contributed by atoms with Crippen LogP contribution in [0.3, 0.4) is 0 Å². The number of carbonyl (C=O) groups is 2. The van der Waals surface area contributed by atoms with E-state index in [1.807, 2.05) is 12.1 Å². The average molecular weight is 420 g/mol. The second-order valence-electron chi connectivity index (χ2n) is 7.50. The molecule has 2 amide bonds. The highest BCUT2D eigenvalue weighted by Gasteiger charge is 2.25. The van der Waals surface area contributed by atoms with Gasteiger partial charge in [0.1, 0.15) is 5.75 Å². The average Bonchev–Trinajstić information content (AvgIpc) is 2.82. The van der Waals surface area contributed by atoms with E-state index in [0.717, 1.165) is 0 Å². The molecule has 0 atom stereocenters. The van der Waals surface area contributed by atoms with Crippen LogP contribution in [0.2, 0.25) is 0 Å². The molecule has 2 heterocycles. The molecule has 8 heteroatoms. The molecule has 0 spiro atoms. The van der Waals surface area contributed by atoms with Crippen molar-refractivity contribution >= 4 is 22.6 Å². The molecule has 0 bridgehead atoms. The minimum absolute atomic E-state index is 0.0551. The Kier molecular flexibility index (Phi) is 5.70. The molecule has 1 fully saturated rings. The molecule has 8 nitrogen and oxygen atoms in total. The molecular formula is C23H24N4O4. The van der Waals surface area contributed by atoms with Crippen molar-refractivity contribution in [3.05, 3.63) is 70.1 Å². The van der Waals surface area contributed by atoms with Gasteiger partial charge in [0, 0.05) is 44.2 Å². The summed E-state index contributed by atoms with van der Waals surface area (Å²) in [7, 11) is 3.17. The normalized spacial score (nSPS) is 14.0. The maximum atomic E-state index is 12.9. The molecule has 0 aliphatic carbocycles. The van der Waals surface area contributed by atoms with Crippen LogP contribution in [-0.4, -0.2) is 64.7 Å². The zero-order chi connectivity index (χ0) is 22.0. The molecule has 4 rings (SSSR count). The number of methoxy groups -OCH3 is 1. The number of carbonyl (C=O) groups excluding carboxylic acids is 2. The summed E-state index contributed by atoms with van der Waals surface area (Å²) in [6.45, 7) is 1.87. The number of rotatable bonds is 4. The molecule has 1 aliphatic rings. The van der Waals surface area contributed by atoms with Crippen LogP contribution >= 0.6 is 0 Å². The lowest BCUT2D eigenvalue weighted by Crippen LogP contribution is -2.51. The number of hydrogen-bond acceptors (Lipinski definition) is 5. The van der Waals surface area contributed by atoms with Crippen molar-refractivity contribution in [1.29, 1.82) is 0 Å². The molecule has 1 aromatic heterocycles. The van der Waals surface area contributed by atoms with Gasteiger partial charge in [-0.1, -0.05) is 18.2 Å². The molecular weight excluding hydrogens is 396 g/mol. The number of aromatic nitrogens is 2. The Balaban J connectivity index is 1.42. The van der Waals surface area contributed by atoms with Crippen molar-refractivity contribution in [1.82, 2.24) is 19.6 Å². The number of benzene rings is 2. The molecule has 160 valence electrons. The topological polar surface area (TPSA) is 84.7 Å². The summed E-state index contributed by atoms with van der Waals surface area (Å²) in [5, 5.41) is 5.57. The second-order valence-corrected chi connectivity index (χ2v) is 7.50. The molecule has 0 radical (unpaired) electrons. The fraction of sp³-hybridized carbons (Fsp3) is 0.304. The van der Waals surface area contributed by atoms with E-state index >= 15 is 0 Å². The van der Waals surface area contributed by atoms with Gasteiger partial charge in [0.15, 0.2) is 0 Å².